The minimum atomic E-state index is -0.157. The van der Waals surface area contributed by atoms with Crippen LogP contribution in [0, 0.1) is 5.92 Å². The van der Waals surface area contributed by atoms with Crippen molar-refractivity contribution in [1.29, 1.82) is 0 Å². The van der Waals surface area contributed by atoms with E-state index in [2.05, 4.69) is 31.1 Å². The summed E-state index contributed by atoms with van der Waals surface area (Å²) in [5.41, 5.74) is 0.942. The van der Waals surface area contributed by atoms with Gasteiger partial charge in [0.05, 0.1) is 12.3 Å². The van der Waals surface area contributed by atoms with Crippen LogP contribution in [0.4, 0.5) is 5.13 Å². The SMILES string of the molecule is CCOC(=O)C1CCc2sc(NC(C)C(CC)CC)nc21. The highest BCUT2D eigenvalue weighted by Gasteiger charge is 2.33. The number of aromatic nitrogens is 1. The van der Waals surface area contributed by atoms with Crippen LogP contribution in [0.3, 0.4) is 0 Å². The predicted octanol–water partition coefficient (Wildman–Crippen LogP) is 3.97. The first kappa shape index (κ1) is 16.3. The summed E-state index contributed by atoms with van der Waals surface area (Å²) in [6.07, 6.45) is 4.12. The number of fused-ring (bicyclic) bond motifs is 1. The van der Waals surface area contributed by atoms with E-state index in [0.717, 1.165) is 23.7 Å². The Bertz CT molecular complexity index is 483. The van der Waals surface area contributed by atoms with Crippen molar-refractivity contribution in [3.63, 3.8) is 0 Å². The van der Waals surface area contributed by atoms with Crippen LogP contribution in [0.1, 0.15) is 63.4 Å². The molecule has 0 saturated heterocycles. The topological polar surface area (TPSA) is 51.2 Å². The molecule has 1 aliphatic carbocycles. The normalized spacial score (nSPS) is 18.6. The molecule has 0 bridgehead atoms. The zero-order valence-electron chi connectivity index (χ0n) is 13.4. The number of hydrogen-bond donors (Lipinski definition) is 1. The zero-order chi connectivity index (χ0) is 15.4. The molecule has 1 aromatic rings. The molecule has 1 aromatic heterocycles. The largest absolute Gasteiger partial charge is 0.465 e. The number of ether oxygens (including phenoxy) is 1. The second kappa shape index (κ2) is 7.25. The van der Waals surface area contributed by atoms with Crippen LogP contribution in [0.5, 0.6) is 0 Å². The van der Waals surface area contributed by atoms with Crippen LogP contribution in [0.25, 0.3) is 0 Å². The van der Waals surface area contributed by atoms with Gasteiger partial charge in [-0.3, -0.25) is 4.79 Å². The first-order chi connectivity index (χ1) is 10.1. The third kappa shape index (κ3) is 3.57. The highest BCUT2D eigenvalue weighted by atomic mass is 32.1. The van der Waals surface area contributed by atoms with Crippen molar-refractivity contribution < 1.29 is 9.53 Å². The van der Waals surface area contributed by atoms with E-state index in [4.69, 9.17) is 4.74 Å². The molecular formula is C16H26N2O2S. The van der Waals surface area contributed by atoms with Gasteiger partial charge in [0.25, 0.3) is 0 Å². The second-order valence-corrected chi connectivity index (χ2v) is 6.76. The van der Waals surface area contributed by atoms with Crippen molar-refractivity contribution in [2.75, 3.05) is 11.9 Å². The third-order valence-corrected chi connectivity index (χ3v) is 5.46. The lowest BCUT2D eigenvalue weighted by atomic mass is 9.96. The van der Waals surface area contributed by atoms with Crippen molar-refractivity contribution in [3.05, 3.63) is 10.6 Å². The minimum Gasteiger partial charge on any atom is -0.465 e. The van der Waals surface area contributed by atoms with Gasteiger partial charge in [-0.15, -0.1) is 11.3 Å². The van der Waals surface area contributed by atoms with Gasteiger partial charge in [0, 0.05) is 10.9 Å². The number of carbonyl (C=O) groups excluding carboxylic acids is 1. The number of carbonyl (C=O) groups is 1. The molecule has 5 heteroatoms. The van der Waals surface area contributed by atoms with Crippen molar-refractivity contribution in [3.8, 4) is 0 Å². The van der Waals surface area contributed by atoms with Gasteiger partial charge in [-0.1, -0.05) is 26.7 Å². The number of rotatable bonds is 7. The molecular weight excluding hydrogens is 284 g/mol. The molecule has 1 N–H and O–H groups in total. The summed E-state index contributed by atoms with van der Waals surface area (Å²) in [6, 6.07) is 0.410. The van der Waals surface area contributed by atoms with Crippen molar-refractivity contribution in [2.45, 2.75) is 65.3 Å². The summed E-state index contributed by atoms with van der Waals surface area (Å²) < 4.78 is 5.15. The number of nitrogens with one attached hydrogen (secondary N) is 1. The standard InChI is InChI=1S/C16H26N2O2S/c1-5-11(6-2)10(4)17-16-18-14-12(15(19)20-7-3)8-9-13(14)21-16/h10-12H,5-9H2,1-4H3,(H,17,18). The van der Waals surface area contributed by atoms with Crippen LogP contribution in [0.2, 0.25) is 0 Å². The molecule has 1 heterocycles. The predicted molar refractivity (Wildman–Crippen MR) is 87.0 cm³/mol. The van der Waals surface area contributed by atoms with Crippen LogP contribution >= 0.6 is 11.3 Å². The Hall–Kier alpha value is -1.10. The van der Waals surface area contributed by atoms with Gasteiger partial charge in [0.2, 0.25) is 0 Å². The van der Waals surface area contributed by atoms with E-state index < -0.39 is 0 Å². The molecule has 2 unspecified atom stereocenters. The van der Waals surface area contributed by atoms with Gasteiger partial charge < -0.3 is 10.1 Å². The van der Waals surface area contributed by atoms with E-state index >= 15 is 0 Å². The molecule has 2 rings (SSSR count). The van der Waals surface area contributed by atoms with Gasteiger partial charge >= 0.3 is 5.97 Å². The highest BCUT2D eigenvalue weighted by molar-refractivity contribution is 7.15. The molecule has 4 nitrogen and oxygen atoms in total. The number of hydrogen-bond acceptors (Lipinski definition) is 5. The Morgan fingerprint density at radius 1 is 1.43 bits per heavy atom. The van der Waals surface area contributed by atoms with Gasteiger partial charge in [-0.2, -0.15) is 0 Å². The van der Waals surface area contributed by atoms with E-state index in [1.54, 1.807) is 11.3 Å². The number of anilines is 1. The van der Waals surface area contributed by atoms with Crippen molar-refractivity contribution >= 4 is 22.4 Å². The van der Waals surface area contributed by atoms with Crippen LogP contribution in [-0.2, 0) is 16.0 Å². The summed E-state index contributed by atoms with van der Waals surface area (Å²) in [7, 11) is 0. The number of thiazole rings is 1. The van der Waals surface area contributed by atoms with Crippen molar-refractivity contribution in [1.82, 2.24) is 4.98 Å². The number of aryl methyl sites for hydroxylation is 1. The quantitative estimate of drug-likeness (QED) is 0.774. The lowest BCUT2D eigenvalue weighted by Crippen LogP contribution is -2.25. The smallest absolute Gasteiger partial charge is 0.315 e. The van der Waals surface area contributed by atoms with Gasteiger partial charge in [0.15, 0.2) is 5.13 Å². The monoisotopic (exact) mass is 310 g/mol. The lowest BCUT2D eigenvalue weighted by Gasteiger charge is -2.22. The lowest BCUT2D eigenvalue weighted by molar-refractivity contribution is -0.145. The maximum absolute atomic E-state index is 12.0. The Morgan fingerprint density at radius 3 is 2.76 bits per heavy atom. The average Bonchev–Trinajstić information content (AvgIpc) is 2.99. The van der Waals surface area contributed by atoms with E-state index in [9.17, 15) is 4.79 Å². The molecule has 2 atom stereocenters. The van der Waals surface area contributed by atoms with Crippen LogP contribution < -0.4 is 5.32 Å². The average molecular weight is 310 g/mol. The molecule has 0 radical (unpaired) electrons. The Labute approximate surface area is 131 Å². The van der Waals surface area contributed by atoms with Gasteiger partial charge in [-0.25, -0.2) is 4.98 Å². The maximum atomic E-state index is 12.0. The summed E-state index contributed by atoms with van der Waals surface area (Å²) in [6.45, 7) is 8.95. The molecule has 0 fully saturated rings. The fourth-order valence-electron chi connectivity index (χ4n) is 3.07. The third-order valence-electron chi connectivity index (χ3n) is 4.40. The fraction of sp³-hybridized carbons (Fsp3) is 0.750. The highest BCUT2D eigenvalue weighted by Crippen LogP contribution is 2.39. The summed E-state index contributed by atoms with van der Waals surface area (Å²) in [5, 5.41) is 4.47. The van der Waals surface area contributed by atoms with E-state index in [1.807, 2.05) is 6.92 Å². The van der Waals surface area contributed by atoms with Crippen LogP contribution in [-0.4, -0.2) is 23.6 Å². The number of nitrogens with zero attached hydrogens (tertiary/aromatic N) is 1. The zero-order valence-corrected chi connectivity index (χ0v) is 14.3. The Morgan fingerprint density at radius 2 is 2.14 bits per heavy atom. The fourth-order valence-corrected chi connectivity index (χ4v) is 4.20. The maximum Gasteiger partial charge on any atom is 0.315 e. The molecule has 21 heavy (non-hydrogen) atoms. The molecule has 0 saturated carbocycles. The minimum absolute atomic E-state index is 0.124. The summed E-state index contributed by atoms with van der Waals surface area (Å²) >= 11 is 1.70. The molecule has 1 aliphatic rings. The molecule has 0 aromatic carbocycles. The molecule has 0 aliphatic heterocycles. The summed E-state index contributed by atoms with van der Waals surface area (Å²) in [5.74, 6) is 0.376. The molecule has 0 spiro atoms. The van der Waals surface area contributed by atoms with E-state index in [1.165, 1.54) is 17.7 Å². The molecule has 118 valence electrons. The van der Waals surface area contributed by atoms with Gasteiger partial charge in [-0.05, 0) is 32.6 Å². The number of esters is 1. The van der Waals surface area contributed by atoms with E-state index in [0.29, 0.717) is 18.6 Å². The first-order valence-electron chi connectivity index (χ1n) is 8.03. The molecule has 0 amide bonds. The van der Waals surface area contributed by atoms with E-state index in [-0.39, 0.29) is 11.9 Å². The second-order valence-electron chi connectivity index (χ2n) is 5.68. The first-order valence-corrected chi connectivity index (χ1v) is 8.85. The van der Waals surface area contributed by atoms with Gasteiger partial charge in [0.1, 0.15) is 5.92 Å². The Kier molecular flexibility index (Phi) is 5.62. The van der Waals surface area contributed by atoms with Crippen LogP contribution in [0.15, 0.2) is 0 Å². The summed E-state index contributed by atoms with van der Waals surface area (Å²) in [4.78, 5) is 17.9. The Balaban J connectivity index is 2.06. The van der Waals surface area contributed by atoms with Crippen molar-refractivity contribution in [2.24, 2.45) is 5.92 Å².